The highest BCUT2D eigenvalue weighted by molar-refractivity contribution is 5.92. The molecule has 3 aromatic rings. The van der Waals surface area contributed by atoms with E-state index in [9.17, 15) is 31.9 Å². The minimum absolute atomic E-state index is 0.107. The maximum Gasteiger partial charge on any atom is 0.419 e. The minimum Gasteiger partial charge on any atom is -0.490 e. The molecule has 0 bridgehead atoms. The van der Waals surface area contributed by atoms with Gasteiger partial charge in [0.1, 0.15) is 23.5 Å². The maximum absolute atomic E-state index is 14.6. The molecule has 0 saturated heterocycles. The summed E-state index contributed by atoms with van der Waals surface area (Å²) in [6.45, 7) is -0.367. The van der Waals surface area contributed by atoms with E-state index in [-0.39, 0.29) is 30.4 Å². The maximum atomic E-state index is 14.6. The van der Waals surface area contributed by atoms with Crippen molar-refractivity contribution in [3.05, 3.63) is 71.1 Å². The Hall–Kier alpha value is -3.27. The van der Waals surface area contributed by atoms with E-state index in [0.717, 1.165) is 6.07 Å². The first-order valence-electron chi connectivity index (χ1n) is 10.1. The largest absolute Gasteiger partial charge is 0.490 e. The summed E-state index contributed by atoms with van der Waals surface area (Å²) in [4.78, 5) is 16.5. The fourth-order valence-electron chi connectivity index (χ4n) is 3.88. The summed E-state index contributed by atoms with van der Waals surface area (Å²) in [5.41, 5.74) is -0.853. The van der Waals surface area contributed by atoms with Gasteiger partial charge in [0, 0.05) is 42.2 Å². The van der Waals surface area contributed by atoms with Crippen molar-refractivity contribution in [3.8, 4) is 5.75 Å². The van der Waals surface area contributed by atoms with Crippen molar-refractivity contribution in [2.45, 2.75) is 44.2 Å². The van der Waals surface area contributed by atoms with Crippen molar-refractivity contribution in [1.29, 1.82) is 0 Å². The van der Waals surface area contributed by atoms with Crippen LogP contribution in [0.5, 0.6) is 5.75 Å². The average Bonchev–Trinajstić information content (AvgIpc) is 2.74. The topological polar surface area (TPSA) is 71.5 Å². The first kappa shape index (κ1) is 22.9. The number of halogens is 5. The second-order valence-corrected chi connectivity index (χ2v) is 7.87. The lowest BCUT2D eigenvalue weighted by molar-refractivity contribution is -0.140. The third-order valence-corrected chi connectivity index (χ3v) is 5.59. The summed E-state index contributed by atoms with van der Waals surface area (Å²) in [5.74, 6) is -2.52. The van der Waals surface area contributed by atoms with Gasteiger partial charge in [-0.3, -0.25) is 9.78 Å². The molecule has 1 heterocycles. The van der Waals surface area contributed by atoms with Gasteiger partial charge in [0.05, 0.1) is 18.6 Å². The standard InChI is InChI=1S/C23H19F5N2O3/c24-20-2-1-14(8-19(20)23(26,27)28)33-15-6-13(7-15)30-22(32)9-17-16-3-4-29-10-18(16)12(11-31)5-21(17)25/h1-5,8,10,13,15,31H,6-7,9,11H2,(H,30,32)/t13-,15-. The zero-order valence-electron chi connectivity index (χ0n) is 17.1. The Bertz CT molecular complexity index is 1190. The van der Waals surface area contributed by atoms with Crippen molar-refractivity contribution >= 4 is 16.7 Å². The lowest BCUT2D eigenvalue weighted by Gasteiger charge is -2.36. The van der Waals surface area contributed by atoms with Crippen LogP contribution in [0.25, 0.3) is 10.8 Å². The van der Waals surface area contributed by atoms with Gasteiger partial charge in [-0.05, 0) is 41.3 Å². The second kappa shape index (κ2) is 8.93. The number of aliphatic hydroxyl groups excluding tert-OH is 1. The molecule has 1 aliphatic carbocycles. The molecule has 0 spiro atoms. The summed E-state index contributed by atoms with van der Waals surface area (Å²) < 4.78 is 71.9. The molecule has 10 heteroatoms. The molecule has 1 saturated carbocycles. The van der Waals surface area contributed by atoms with Crippen molar-refractivity contribution in [2.24, 2.45) is 0 Å². The van der Waals surface area contributed by atoms with Crippen LogP contribution in [0, 0.1) is 11.6 Å². The van der Waals surface area contributed by atoms with E-state index in [1.807, 2.05) is 0 Å². The molecule has 1 fully saturated rings. The van der Waals surface area contributed by atoms with Crippen LogP contribution in [0.3, 0.4) is 0 Å². The number of alkyl halides is 3. The molecule has 1 aliphatic rings. The van der Waals surface area contributed by atoms with E-state index in [0.29, 0.717) is 41.3 Å². The summed E-state index contributed by atoms with van der Waals surface area (Å²) >= 11 is 0. The van der Waals surface area contributed by atoms with Crippen molar-refractivity contribution < 1.29 is 36.6 Å². The molecular weight excluding hydrogens is 447 g/mol. The fraction of sp³-hybridized carbons (Fsp3) is 0.304. The molecule has 0 aliphatic heterocycles. The monoisotopic (exact) mass is 466 g/mol. The van der Waals surface area contributed by atoms with E-state index in [1.165, 1.54) is 18.5 Å². The minimum atomic E-state index is -4.83. The van der Waals surface area contributed by atoms with Crippen LogP contribution >= 0.6 is 0 Å². The molecule has 33 heavy (non-hydrogen) atoms. The number of ether oxygens (including phenoxy) is 1. The van der Waals surface area contributed by atoms with Crippen LogP contribution in [0.15, 0.2) is 42.7 Å². The molecular formula is C23H19F5N2O3. The average molecular weight is 466 g/mol. The van der Waals surface area contributed by atoms with E-state index >= 15 is 0 Å². The van der Waals surface area contributed by atoms with Crippen LogP contribution in [-0.4, -0.2) is 28.1 Å². The summed E-state index contributed by atoms with van der Waals surface area (Å²) in [7, 11) is 0. The van der Waals surface area contributed by atoms with Crippen LogP contribution < -0.4 is 10.1 Å². The number of pyridine rings is 1. The number of fused-ring (bicyclic) bond motifs is 1. The third-order valence-electron chi connectivity index (χ3n) is 5.59. The number of rotatable bonds is 6. The summed E-state index contributed by atoms with van der Waals surface area (Å²) in [6.07, 6.45) is -1.83. The molecule has 0 unspecified atom stereocenters. The predicted octanol–water partition coefficient (Wildman–Crippen LogP) is 4.29. The Kier molecular flexibility index (Phi) is 6.20. The van der Waals surface area contributed by atoms with E-state index < -0.39 is 35.4 Å². The van der Waals surface area contributed by atoms with Gasteiger partial charge in [-0.2, -0.15) is 13.2 Å². The smallest absolute Gasteiger partial charge is 0.419 e. The van der Waals surface area contributed by atoms with E-state index in [4.69, 9.17) is 4.74 Å². The number of aromatic nitrogens is 1. The molecule has 2 N–H and O–H groups in total. The molecule has 5 nitrogen and oxygen atoms in total. The quantitative estimate of drug-likeness (QED) is 0.532. The molecule has 2 aromatic carbocycles. The van der Waals surface area contributed by atoms with Crippen molar-refractivity contribution in [3.63, 3.8) is 0 Å². The van der Waals surface area contributed by atoms with E-state index in [2.05, 4.69) is 10.3 Å². The number of amides is 1. The van der Waals surface area contributed by atoms with Crippen LogP contribution in [-0.2, 0) is 24.0 Å². The van der Waals surface area contributed by atoms with Crippen LogP contribution in [0.1, 0.15) is 29.5 Å². The Morgan fingerprint density at radius 3 is 2.58 bits per heavy atom. The molecule has 4 rings (SSSR count). The molecule has 0 atom stereocenters. The fourth-order valence-corrected chi connectivity index (χ4v) is 3.88. The van der Waals surface area contributed by atoms with Crippen molar-refractivity contribution in [1.82, 2.24) is 10.3 Å². The van der Waals surface area contributed by atoms with Gasteiger partial charge >= 0.3 is 6.18 Å². The van der Waals surface area contributed by atoms with Gasteiger partial charge in [0.25, 0.3) is 0 Å². The van der Waals surface area contributed by atoms with Gasteiger partial charge in [-0.15, -0.1) is 0 Å². The van der Waals surface area contributed by atoms with Crippen LogP contribution in [0.2, 0.25) is 0 Å². The van der Waals surface area contributed by atoms with Crippen molar-refractivity contribution in [2.75, 3.05) is 0 Å². The molecule has 0 radical (unpaired) electrons. The summed E-state index contributed by atoms with van der Waals surface area (Å²) in [6, 6.07) is 4.91. The number of hydrogen-bond donors (Lipinski definition) is 2. The highest BCUT2D eigenvalue weighted by Gasteiger charge is 2.36. The normalized spacial score (nSPS) is 18.1. The zero-order valence-corrected chi connectivity index (χ0v) is 17.1. The lowest BCUT2D eigenvalue weighted by atomic mass is 9.88. The number of carbonyl (C=O) groups is 1. The zero-order chi connectivity index (χ0) is 23.8. The predicted molar refractivity (Wildman–Crippen MR) is 108 cm³/mol. The van der Waals surface area contributed by atoms with Gasteiger partial charge in [0.15, 0.2) is 0 Å². The molecule has 1 amide bonds. The van der Waals surface area contributed by atoms with Gasteiger partial charge in [0.2, 0.25) is 5.91 Å². The number of aliphatic hydroxyl groups is 1. The Morgan fingerprint density at radius 1 is 1.12 bits per heavy atom. The molecule has 1 aromatic heterocycles. The third kappa shape index (κ3) is 4.90. The first-order valence-corrected chi connectivity index (χ1v) is 10.1. The molecule has 174 valence electrons. The lowest BCUT2D eigenvalue weighted by Crippen LogP contribution is -2.49. The Labute approximate surface area is 185 Å². The Morgan fingerprint density at radius 2 is 1.88 bits per heavy atom. The highest BCUT2D eigenvalue weighted by atomic mass is 19.4. The summed E-state index contributed by atoms with van der Waals surface area (Å²) in [5, 5.41) is 13.2. The number of benzene rings is 2. The first-order chi connectivity index (χ1) is 15.7. The van der Waals surface area contributed by atoms with Gasteiger partial charge < -0.3 is 15.2 Å². The SMILES string of the molecule is O=C(Cc1c(F)cc(CO)c2cnccc12)N[C@H]1C[C@H](Oc2ccc(F)c(C(F)(F)F)c2)C1. The van der Waals surface area contributed by atoms with Gasteiger partial charge in [-0.1, -0.05) is 0 Å². The number of nitrogens with zero attached hydrogens (tertiary/aromatic N) is 1. The second-order valence-electron chi connectivity index (χ2n) is 7.87. The highest BCUT2D eigenvalue weighted by Crippen LogP contribution is 2.35. The van der Waals surface area contributed by atoms with Crippen LogP contribution in [0.4, 0.5) is 22.0 Å². The Balaban J connectivity index is 1.36. The number of nitrogens with one attached hydrogen (secondary N) is 1. The number of carbonyl (C=O) groups excluding carboxylic acids is 1. The van der Waals surface area contributed by atoms with Gasteiger partial charge in [-0.25, -0.2) is 8.78 Å². The number of hydrogen-bond acceptors (Lipinski definition) is 4. The van der Waals surface area contributed by atoms with E-state index in [1.54, 1.807) is 6.07 Å².